The van der Waals surface area contributed by atoms with E-state index in [1.165, 1.54) is 10.8 Å². The number of fused-ring (bicyclic) bond motifs is 1. The Hall–Kier alpha value is -3.49. The van der Waals surface area contributed by atoms with E-state index in [4.69, 9.17) is 9.47 Å². The Kier molecular flexibility index (Phi) is 6.84. The van der Waals surface area contributed by atoms with Crippen molar-refractivity contribution >= 4 is 5.82 Å². The Morgan fingerprint density at radius 2 is 1.81 bits per heavy atom. The molecule has 0 amide bonds. The van der Waals surface area contributed by atoms with Gasteiger partial charge in [-0.1, -0.05) is 13.8 Å². The van der Waals surface area contributed by atoms with E-state index < -0.39 is 23.1 Å². The van der Waals surface area contributed by atoms with Crippen molar-refractivity contribution in [2.24, 2.45) is 0 Å². The molecule has 7 nitrogen and oxygen atoms in total. The molecular weight excluding hydrogens is 406 g/mol. The summed E-state index contributed by atoms with van der Waals surface area (Å²) in [7, 11) is 1.86. The number of benzene rings is 1. The number of ether oxygens (including phenoxy) is 2. The fourth-order valence-corrected chi connectivity index (χ4v) is 3.02. The van der Waals surface area contributed by atoms with Gasteiger partial charge in [0.25, 0.3) is 0 Å². The number of likely N-dealkylation sites (N-methyl/N-ethyl adjacent to an activating group) is 1. The van der Waals surface area contributed by atoms with Gasteiger partial charge in [0.2, 0.25) is 5.88 Å². The Morgan fingerprint density at radius 3 is 2.45 bits per heavy atom. The standard InChI is InChI=1S/C20H18F2N4O3.C2H6/c1-12-3-4-14(10-23-12)29-19-15(21)7-13(8-16(19)22)11-28-17-9-18-25(2)5-6-26(18)20(27)24-17;1-2/h3-4,7-10H,5-6,11H2,1-2H3;1-2H3. The van der Waals surface area contributed by atoms with E-state index in [1.54, 1.807) is 25.1 Å². The van der Waals surface area contributed by atoms with Gasteiger partial charge in [-0.25, -0.2) is 13.6 Å². The van der Waals surface area contributed by atoms with Gasteiger partial charge in [-0.2, -0.15) is 4.98 Å². The summed E-state index contributed by atoms with van der Waals surface area (Å²) in [6, 6.07) is 7.12. The van der Waals surface area contributed by atoms with E-state index in [2.05, 4.69) is 9.97 Å². The lowest BCUT2D eigenvalue weighted by molar-refractivity contribution is 0.289. The molecule has 2 aromatic heterocycles. The van der Waals surface area contributed by atoms with E-state index in [1.807, 2.05) is 25.8 Å². The van der Waals surface area contributed by atoms with Crippen LogP contribution >= 0.6 is 0 Å². The maximum Gasteiger partial charge on any atom is 0.352 e. The second kappa shape index (κ2) is 9.55. The third-order valence-corrected chi connectivity index (χ3v) is 4.56. The molecule has 0 N–H and O–H groups in total. The summed E-state index contributed by atoms with van der Waals surface area (Å²) in [6.07, 6.45) is 1.39. The first-order valence-electron chi connectivity index (χ1n) is 9.95. The number of pyridine rings is 1. The monoisotopic (exact) mass is 430 g/mol. The smallest absolute Gasteiger partial charge is 0.352 e. The molecule has 3 heterocycles. The second-order valence-corrected chi connectivity index (χ2v) is 6.72. The highest BCUT2D eigenvalue weighted by molar-refractivity contribution is 5.44. The van der Waals surface area contributed by atoms with Crippen molar-refractivity contribution in [3.05, 3.63) is 69.9 Å². The molecule has 164 valence electrons. The Bertz CT molecular complexity index is 1090. The van der Waals surface area contributed by atoms with Crippen LogP contribution in [0.1, 0.15) is 25.1 Å². The molecule has 0 saturated heterocycles. The molecule has 1 aromatic carbocycles. The minimum Gasteiger partial charge on any atom is -0.473 e. The molecule has 0 radical (unpaired) electrons. The first kappa shape index (κ1) is 22.2. The number of nitrogens with zero attached hydrogens (tertiary/aromatic N) is 4. The Morgan fingerprint density at radius 1 is 1.10 bits per heavy atom. The van der Waals surface area contributed by atoms with Gasteiger partial charge in [0.1, 0.15) is 18.2 Å². The molecule has 1 aliphatic heterocycles. The van der Waals surface area contributed by atoms with Crippen molar-refractivity contribution in [3.8, 4) is 17.4 Å². The SMILES string of the molecule is CC.Cc1ccc(Oc2c(F)cc(COc3cc4n(c(=O)n3)CCN4C)cc2F)cn1. The molecule has 0 spiro atoms. The Balaban J connectivity index is 0.00000132. The van der Waals surface area contributed by atoms with Gasteiger partial charge in [0.15, 0.2) is 17.4 Å². The zero-order valence-corrected chi connectivity index (χ0v) is 17.9. The maximum absolute atomic E-state index is 14.4. The van der Waals surface area contributed by atoms with Crippen LogP contribution in [0.5, 0.6) is 17.4 Å². The van der Waals surface area contributed by atoms with Gasteiger partial charge in [-0.05, 0) is 36.8 Å². The zero-order chi connectivity index (χ0) is 22.5. The molecular formula is C22H24F2N4O3. The van der Waals surface area contributed by atoms with Gasteiger partial charge in [-0.3, -0.25) is 9.55 Å². The molecule has 0 atom stereocenters. The molecule has 31 heavy (non-hydrogen) atoms. The van der Waals surface area contributed by atoms with Gasteiger partial charge < -0.3 is 14.4 Å². The van der Waals surface area contributed by atoms with Crippen LogP contribution in [0.4, 0.5) is 14.6 Å². The van der Waals surface area contributed by atoms with E-state index in [-0.39, 0.29) is 23.8 Å². The molecule has 0 fully saturated rings. The van der Waals surface area contributed by atoms with Crippen LogP contribution < -0.4 is 20.1 Å². The van der Waals surface area contributed by atoms with Crippen LogP contribution in [0.3, 0.4) is 0 Å². The van der Waals surface area contributed by atoms with E-state index in [0.717, 1.165) is 17.8 Å². The number of rotatable bonds is 5. The summed E-state index contributed by atoms with van der Waals surface area (Å²) in [6.45, 7) is 6.91. The minimum atomic E-state index is -0.870. The van der Waals surface area contributed by atoms with Crippen LogP contribution in [0, 0.1) is 18.6 Å². The van der Waals surface area contributed by atoms with Crippen LogP contribution in [0.2, 0.25) is 0 Å². The van der Waals surface area contributed by atoms with Crippen molar-refractivity contribution in [3.63, 3.8) is 0 Å². The lowest BCUT2D eigenvalue weighted by Gasteiger charge is -2.13. The predicted octanol–water partition coefficient (Wildman–Crippen LogP) is 4.07. The Labute approximate surface area is 178 Å². The molecule has 0 unspecified atom stereocenters. The highest BCUT2D eigenvalue weighted by atomic mass is 19.1. The summed E-state index contributed by atoms with van der Waals surface area (Å²) in [5, 5.41) is 0. The van der Waals surface area contributed by atoms with Crippen LogP contribution in [0.15, 0.2) is 41.3 Å². The number of aryl methyl sites for hydroxylation is 1. The average molecular weight is 430 g/mol. The summed E-state index contributed by atoms with van der Waals surface area (Å²) in [5.41, 5.74) is 0.580. The minimum absolute atomic E-state index is 0.0990. The van der Waals surface area contributed by atoms with Crippen molar-refractivity contribution in [2.45, 2.75) is 33.9 Å². The number of halogens is 2. The van der Waals surface area contributed by atoms with E-state index >= 15 is 0 Å². The second-order valence-electron chi connectivity index (χ2n) is 6.72. The first-order chi connectivity index (χ1) is 14.9. The molecule has 9 heteroatoms. The molecule has 1 aliphatic rings. The normalized spacial score (nSPS) is 12.1. The predicted molar refractivity (Wildman–Crippen MR) is 113 cm³/mol. The summed E-state index contributed by atoms with van der Waals surface area (Å²) < 4.78 is 41.1. The largest absolute Gasteiger partial charge is 0.473 e. The number of hydrogen-bond donors (Lipinski definition) is 0. The quantitative estimate of drug-likeness (QED) is 0.608. The van der Waals surface area contributed by atoms with Crippen LogP contribution in [-0.4, -0.2) is 28.1 Å². The molecule has 0 saturated carbocycles. The first-order valence-corrected chi connectivity index (χ1v) is 9.95. The summed E-state index contributed by atoms with van der Waals surface area (Å²) in [4.78, 5) is 21.8. The lowest BCUT2D eigenvalue weighted by Crippen LogP contribution is -2.22. The van der Waals surface area contributed by atoms with Gasteiger partial charge in [0, 0.05) is 31.9 Å². The molecule has 3 aromatic rings. The number of aromatic nitrogens is 3. The third-order valence-electron chi connectivity index (χ3n) is 4.56. The zero-order valence-electron chi connectivity index (χ0n) is 17.9. The van der Waals surface area contributed by atoms with Crippen molar-refractivity contribution in [1.29, 1.82) is 0 Å². The molecule has 0 bridgehead atoms. The summed E-state index contributed by atoms with van der Waals surface area (Å²) >= 11 is 0. The lowest BCUT2D eigenvalue weighted by atomic mass is 10.2. The fraction of sp³-hybridized carbons (Fsp3) is 0.318. The van der Waals surface area contributed by atoms with Crippen molar-refractivity contribution in [2.75, 3.05) is 18.5 Å². The number of hydrogen-bond acceptors (Lipinski definition) is 6. The maximum atomic E-state index is 14.4. The van der Waals surface area contributed by atoms with Crippen molar-refractivity contribution < 1.29 is 18.3 Å². The van der Waals surface area contributed by atoms with E-state index in [9.17, 15) is 13.6 Å². The van der Waals surface area contributed by atoms with Crippen LogP contribution in [0.25, 0.3) is 0 Å². The topological polar surface area (TPSA) is 69.5 Å². The van der Waals surface area contributed by atoms with Gasteiger partial charge >= 0.3 is 5.69 Å². The van der Waals surface area contributed by atoms with Crippen molar-refractivity contribution in [1.82, 2.24) is 14.5 Å². The fourth-order valence-electron chi connectivity index (χ4n) is 3.02. The van der Waals surface area contributed by atoms with Gasteiger partial charge in [-0.15, -0.1) is 0 Å². The van der Waals surface area contributed by atoms with Gasteiger partial charge in [0.05, 0.1) is 6.20 Å². The number of anilines is 1. The molecule has 0 aliphatic carbocycles. The van der Waals surface area contributed by atoms with E-state index in [0.29, 0.717) is 18.9 Å². The average Bonchev–Trinajstić information content (AvgIpc) is 3.13. The third kappa shape index (κ3) is 4.99. The summed E-state index contributed by atoms with van der Waals surface area (Å²) in [5.74, 6) is -1.24. The highest BCUT2D eigenvalue weighted by Crippen LogP contribution is 2.29. The highest BCUT2D eigenvalue weighted by Gasteiger charge is 2.19. The molecule has 4 rings (SSSR count). The van der Waals surface area contributed by atoms with Crippen LogP contribution in [-0.2, 0) is 13.2 Å².